The summed E-state index contributed by atoms with van der Waals surface area (Å²) in [7, 11) is 0. The summed E-state index contributed by atoms with van der Waals surface area (Å²) in [5.41, 5.74) is 13.7. The van der Waals surface area contributed by atoms with E-state index >= 15 is 0 Å². The average Bonchev–Trinajstić information content (AvgIpc) is 1.63. The van der Waals surface area contributed by atoms with Crippen LogP contribution in [0.2, 0.25) is 0 Å². The minimum atomic E-state index is -0.812. The number of allylic oxidation sites excluding steroid dienone is 12. The van der Waals surface area contributed by atoms with Gasteiger partial charge in [-0.15, -0.1) is 0 Å². The zero-order valence-electron chi connectivity index (χ0n) is 54.3. The fourth-order valence-corrected chi connectivity index (χ4v) is 14.7. The molecule has 4 aliphatic heterocycles. The first-order chi connectivity index (χ1) is 43.7. The highest BCUT2D eigenvalue weighted by atomic mass is 127. The monoisotopic (exact) mass is 1420 g/mol. The number of aliphatic carboxylic acids is 2. The number of carboxylic acids is 2. The molecule has 0 saturated heterocycles. The zero-order valence-corrected chi connectivity index (χ0v) is 58.0. The van der Waals surface area contributed by atoms with Gasteiger partial charge in [0.05, 0.1) is 23.9 Å². The van der Waals surface area contributed by atoms with Crippen LogP contribution in [0.5, 0.6) is 0 Å². The molecule has 0 unspecified atom stereocenters. The van der Waals surface area contributed by atoms with E-state index < -0.39 is 11.9 Å². The molecule has 0 spiro atoms. The van der Waals surface area contributed by atoms with Crippen LogP contribution >= 0.6 is 0 Å². The van der Waals surface area contributed by atoms with Crippen molar-refractivity contribution in [2.24, 2.45) is 0 Å². The van der Waals surface area contributed by atoms with Crippen molar-refractivity contribution in [3.8, 4) is 0 Å². The lowest BCUT2D eigenvalue weighted by Crippen LogP contribution is -3.00. The first-order valence-electron chi connectivity index (χ1n) is 31.3. The number of fused-ring (bicyclic) bond motifs is 12. The highest BCUT2D eigenvalue weighted by Crippen LogP contribution is 2.53. The lowest BCUT2D eigenvalue weighted by Gasteiger charge is -2.26. The Bertz CT molecular complexity index is 4520. The van der Waals surface area contributed by atoms with Crippen molar-refractivity contribution in [2.45, 2.75) is 96.8 Å². The van der Waals surface area contributed by atoms with E-state index in [9.17, 15) is 29.4 Å². The van der Waals surface area contributed by atoms with Crippen molar-refractivity contribution < 1.29 is 89.0 Å². The lowest BCUT2D eigenvalue weighted by molar-refractivity contribution is -0.436. The van der Waals surface area contributed by atoms with Crippen molar-refractivity contribution in [1.82, 2.24) is 0 Å². The van der Waals surface area contributed by atoms with Gasteiger partial charge in [0.1, 0.15) is 26.1 Å². The summed E-state index contributed by atoms with van der Waals surface area (Å²) in [6, 6.07) is 50.8. The Morgan fingerprint density at radius 3 is 1.26 bits per heavy atom. The summed E-state index contributed by atoms with van der Waals surface area (Å²) in [6.45, 7) is 23.5. The molecule has 0 aromatic heterocycles. The normalized spacial score (nSPS) is 17.3. The number of halogens is 2. The fraction of sp³-hybridized carbons (Fsp3) is 0.266. The minimum Gasteiger partial charge on any atom is -1.00 e. The molecule has 478 valence electrons. The van der Waals surface area contributed by atoms with Crippen molar-refractivity contribution in [3.63, 3.8) is 0 Å². The highest BCUT2D eigenvalue weighted by Gasteiger charge is 2.48. The minimum absolute atomic E-state index is 0. The van der Waals surface area contributed by atoms with Gasteiger partial charge in [-0.25, -0.2) is 0 Å². The van der Waals surface area contributed by atoms with E-state index in [0.717, 1.165) is 51.1 Å². The first-order valence-corrected chi connectivity index (χ1v) is 31.3. The van der Waals surface area contributed by atoms with Gasteiger partial charge in [0, 0.05) is 69.0 Å². The van der Waals surface area contributed by atoms with Crippen LogP contribution in [0.3, 0.4) is 0 Å². The standard InChI is InChI=1S/C40H40N2O4.C39H38N2O4.BrH.HI/c1-27(14-20-34-39(2,3)37-30-12-8-6-10-28(30)16-18-32(37)41(34)23-22-36(44)45)15-21-35-40(4,5)38-31-13-9-7-11-29(31)17-19-33(38)42(35)24-25-46-26-43;1-38(2)33(40(23-22-35(43)44)31-20-18-27-12-8-10-14-29(27)36(31)38)16-6-5-7-17-34-39(3,4)37-30-15-11-9-13-28(30)19-21-32(37)41(34)24-25-45-26-42;;/h6-21,26H,22-25H2,1-5H3;5-21,26H,22-25H2,1-4H3;2*1H. The van der Waals surface area contributed by atoms with E-state index in [1.54, 1.807) is 0 Å². The number of carboxylic acid groups (broad SMARTS) is 2. The van der Waals surface area contributed by atoms with E-state index in [1.807, 2.05) is 18.2 Å². The number of rotatable bonds is 20. The maximum absolute atomic E-state index is 11.6. The quantitative estimate of drug-likeness (QED) is 0.0249. The molecule has 8 aromatic rings. The summed E-state index contributed by atoms with van der Waals surface area (Å²) < 4.78 is 14.6. The molecule has 4 aliphatic rings. The van der Waals surface area contributed by atoms with Gasteiger partial charge in [0.2, 0.25) is 11.4 Å². The number of hydrogen-bond acceptors (Lipinski definition) is 8. The van der Waals surface area contributed by atoms with Crippen LogP contribution in [0.1, 0.15) is 97.4 Å². The molecule has 0 saturated carbocycles. The molecule has 2 N–H and O–H groups in total. The highest BCUT2D eigenvalue weighted by molar-refractivity contribution is 6.09. The van der Waals surface area contributed by atoms with Gasteiger partial charge in [-0.3, -0.25) is 19.2 Å². The van der Waals surface area contributed by atoms with E-state index in [1.165, 1.54) is 65.3 Å². The Balaban J connectivity index is 0.000000215. The SMILES string of the molecule is CC(C=CC1=[N+](CCC(=O)O)c2ccc3ccccc3c2C1(C)C)=CC=C1N(CCOC=O)c2ccc3ccccc3c2C1(C)C.CC1(C)C(=CC=CC=CC2=[N+](CCC(=O)O)c3ccc4ccccc4c3C2(C)C)N(CCOC=O)c2ccc3ccccc3c21.[Br-].[I-]. The Hall–Kier alpha value is -8.73. The van der Waals surface area contributed by atoms with Gasteiger partial charge in [0.25, 0.3) is 12.9 Å². The van der Waals surface area contributed by atoms with Crippen LogP contribution in [0.15, 0.2) is 217 Å². The van der Waals surface area contributed by atoms with Crippen LogP contribution < -0.4 is 50.8 Å². The number of carbonyl (C=O) groups excluding carboxylic acids is 2. The number of hydrogen-bond donors (Lipinski definition) is 2. The number of ether oxygens (including phenoxy) is 2. The second kappa shape index (κ2) is 28.2. The van der Waals surface area contributed by atoms with Gasteiger partial charge in [0.15, 0.2) is 24.5 Å². The average molecular weight is 1420 g/mol. The second-order valence-electron chi connectivity index (χ2n) is 25.9. The molecule has 0 aliphatic carbocycles. The Kier molecular flexibility index (Phi) is 20.8. The summed E-state index contributed by atoms with van der Waals surface area (Å²) in [5.74, 6) is -1.62. The van der Waals surface area contributed by atoms with E-state index in [0.29, 0.717) is 52.3 Å². The molecule has 14 heteroatoms. The van der Waals surface area contributed by atoms with Crippen molar-refractivity contribution in [1.29, 1.82) is 0 Å². The largest absolute Gasteiger partial charge is 1.00 e. The predicted octanol–water partition coefficient (Wildman–Crippen LogP) is 10.0. The summed E-state index contributed by atoms with van der Waals surface area (Å²) in [5, 5.41) is 28.7. The molecule has 0 bridgehead atoms. The molecule has 0 fully saturated rings. The Morgan fingerprint density at radius 1 is 0.473 bits per heavy atom. The third-order valence-corrected chi connectivity index (χ3v) is 18.9. The fourth-order valence-electron chi connectivity index (χ4n) is 14.7. The van der Waals surface area contributed by atoms with Crippen LogP contribution in [-0.2, 0) is 50.3 Å². The van der Waals surface area contributed by atoms with Gasteiger partial charge in [-0.1, -0.05) is 173 Å². The van der Waals surface area contributed by atoms with Crippen molar-refractivity contribution >= 4 is 102 Å². The van der Waals surface area contributed by atoms with Gasteiger partial charge >= 0.3 is 11.9 Å². The topological polar surface area (TPSA) is 140 Å². The lowest BCUT2D eigenvalue weighted by atomic mass is 9.79. The number of anilines is 2. The predicted molar refractivity (Wildman–Crippen MR) is 368 cm³/mol. The smallest absolute Gasteiger partial charge is 0.309 e. The van der Waals surface area contributed by atoms with Gasteiger partial charge in [-0.05, 0) is 125 Å². The molecule has 93 heavy (non-hydrogen) atoms. The molecule has 12 rings (SSSR count). The summed E-state index contributed by atoms with van der Waals surface area (Å²) >= 11 is 0. The third kappa shape index (κ3) is 13.1. The van der Waals surface area contributed by atoms with E-state index in [4.69, 9.17) is 9.47 Å². The zero-order chi connectivity index (χ0) is 64.4. The van der Waals surface area contributed by atoms with E-state index in [2.05, 4.69) is 263 Å². The maximum atomic E-state index is 11.6. The molecule has 0 radical (unpaired) electrons. The second-order valence-corrected chi connectivity index (χ2v) is 25.9. The molecular weight excluding hydrogens is 1340 g/mol. The Morgan fingerprint density at radius 2 is 0.849 bits per heavy atom. The van der Waals surface area contributed by atoms with Gasteiger partial charge in [-0.2, -0.15) is 9.15 Å². The van der Waals surface area contributed by atoms with Crippen LogP contribution in [0.25, 0.3) is 43.1 Å². The first kappa shape index (κ1) is 68.6. The molecular formula is C79H80BrIN4O8. The van der Waals surface area contributed by atoms with Crippen molar-refractivity contribution in [2.75, 3.05) is 49.2 Å². The molecule has 12 nitrogen and oxygen atoms in total. The number of benzene rings is 8. The number of carbonyl (C=O) groups is 4. The van der Waals surface area contributed by atoms with Crippen molar-refractivity contribution in [3.05, 3.63) is 239 Å². The number of nitrogens with zero attached hydrogens (tertiary/aromatic N) is 4. The maximum Gasteiger partial charge on any atom is 0.309 e. The summed E-state index contributed by atoms with van der Waals surface area (Å²) in [4.78, 5) is 49.7. The molecule has 0 atom stereocenters. The summed E-state index contributed by atoms with van der Waals surface area (Å²) in [6.07, 6.45) is 19.1. The van der Waals surface area contributed by atoms with Gasteiger partial charge < -0.3 is 70.4 Å². The molecule has 0 amide bonds. The van der Waals surface area contributed by atoms with Crippen LogP contribution in [0, 0.1) is 0 Å². The van der Waals surface area contributed by atoms with E-state index in [-0.39, 0.29) is 75.5 Å². The third-order valence-electron chi connectivity index (χ3n) is 18.9. The van der Waals surface area contributed by atoms with Crippen LogP contribution in [-0.4, -0.2) is 95.1 Å². The Labute approximate surface area is 572 Å². The molecule has 8 aromatic carbocycles. The van der Waals surface area contributed by atoms with Crippen LogP contribution in [0.4, 0.5) is 22.7 Å². The molecule has 4 heterocycles.